The number of anilines is 2. The molecule has 1 N–H and O–H groups in total. The molecule has 4 aromatic rings. The summed E-state index contributed by atoms with van der Waals surface area (Å²) in [5.41, 5.74) is 6.07. The van der Waals surface area contributed by atoms with E-state index in [0.717, 1.165) is 27.2 Å². The number of sulfonamides is 1. The van der Waals surface area contributed by atoms with Crippen molar-refractivity contribution in [2.75, 3.05) is 19.0 Å². The molecule has 0 radical (unpaired) electrons. The topological polar surface area (TPSA) is 80.1 Å². The van der Waals surface area contributed by atoms with Crippen LogP contribution in [-0.2, 0) is 17.1 Å². The third kappa shape index (κ3) is 3.28. The number of hydrogen-bond donors (Lipinski definition) is 1. The molecule has 28 heavy (non-hydrogen) atoms. The monoisotopic (exact) mass is 413 g/mol. The molecule has 0 saturated carbocycles. The first-order valence-corrected chi connectivity index (χ1v) is 10.9. The lowest BCUT2D eigenvalue weighted by molar-refractivity contribution is 0.588. The molecule has 0 unspecified atom stereocenters. The molecule has 0 aliphatic carbocycles. The number of benzene rings is 2. The van der Waals surface area contributed by atoms with Crippen molar-refractivity contribution in [3.05, 3.63) is 54.4 Å². The average molecular weight is 414 g/mol. The van der Waals surface area contributed by atoms with Crippen LogP contribution < -0.4 is 9.62 Å². The van der Waals surface area contributed by atoms with Crippen molar-refractivity contribution < 1.29 is 8.42 Å². The molecule has 0 bridgehead atoms. The molecule has 2 aromatic carbocycles. The fourth-order valence-electron chi connectivity index (χ4n) is 3.04. The van der Waals surface area contributed by atoms with Crippen LogP contribution in [0, 0.1) is 0 Å². The van der Waals surface area contributed by atoms with Gasteiger partial charge in [-0.15, -0.1) is 11.3 Å². The van der Waals surface area contributed by atoms with E-state index in [1.54, 1.807) is 29.8 Å². The minimum absolute atomic E-state index is 0.200. The van der Waals surface area contributed by atoms with Gasteiger partial charge >= 0.3 is 0 Å². The van der Waals surface area contributed by atoms with Gasteiger partial charge in [-0.2, -0.15) is 0 Å². The number of nitrogens with one attached hydrogen (secondary N) is 1. The fourth-order valence-corrected chi connectivity index (χ4v) is 4.51. The summed E-state index contributed by atoms with van der Waals surface area (Å²) in [6.07, 6.45) is 3.57. The summed E-state index contributed by atoms with van der Waals surface area (Å²) in [5, 5.41) is 0. The number of imidazole rings is 1. The van der Waals surface area contributed by atoms with Crippen molar-refractivity contribution in [1.82, 2.24) is 19.3 Å². The summed E-state index contributed by atoms with van der Waals surface area (Å²) in [7, 11) is 1.68. The maximum atomic E-state index is 12.3. The van der Waals surface area contributed by atoms with E-state index in [1.165, 1.54) is 7.05 Å². The van der Waals surface area contributed by atoms with Crippen molar-refractivity contribution >= 4 is 43.0 Å². The lowest BCUT2D eigenvalue weighted by atomic mass is 10.1. The largest absolute Gasteiger partial charge is 0.344 e. The van der Waals surface area contributed by atoms with E-state index in [9.17, 15) is 8.42 Å². The third-order valence-electron chi connectivity index (χ3n) is 4.59. The molecule has 144 valence electrons. The first kappa shape index (κ1) is 18.6. The van der Waals surface area contributed by atoms with Crippen molar-refractivity contribution in [3.8, 4) is 11.3 Å². The molecule has 0 aliphatic rings. The van der Waals surface area contributed by atoms with Gasteiger partial charge in [0.25, 0.3) is 0 Å². The Morgan fingerprint density at radius 2 is 1.96 bits per heavy atom. The van der Waals surface area contributed by atoms with Crippen LogP contribution in [0.15, 0.2) is 59.3 Å². The van der Waals surface area contributed by atoms with Crippen molar-refractivity contribution in [1.29, 1.82) is 0 Å². The highest BCUT2D eigenvalue weighted by Gasteiger charge is 2.19. The minimum Gasteiger partial charge on any atom is -0.344 e. The fraction of sp³-hybridized carbons (Fsp3) is 0.158. The first-order valence-electron chi connectivity index (χ1n) is 8.52. The summed E-state index contributed by atoms with van der Waals surface area (Å²) in [6.45, 7) is 0. The average Bonchev–Trinajstić information content (AvgIpc) is 3.35. The normalized spacial score (nSPS) is 11.8. The second-order valence-electron chi connectivity index (χ2n) is 6.37. The number of thiazole rings is 1. The number of nitrogens with zero attached hydrogens (tertiary/aromatic N) is 4. The Morgan fingerprint density at radius 3 is 2.68 bits per heavy atom. The maximum Gasteiger partial charge on any atom is 0.240 e. The van der Waals surface area contributed by atoms with E-state index >= 15 is 0 Å². The van der Waals surface area contributed by atoms with Crippen molar-refractivity contribution in [2.45, 2.75) is 4.90 Å². The SMILES string of the molecule is CNS(=O)(=O)c1ccc(N(C)c2ccc3ncsc3c2)c(-c2cn(C)cn2)c1. The number of aryl methyl sites for hydroxylation is 1. The summed E-state index contributed by atoms with van der Waals surface area (Å²) in [6, 6.07) is 11.1. The van der Waals surface area contributed by atoms with Gasteiger partial charge in [-0.3, -0.25) is 0 Å². The van der Waals surface area contributed by atoms with Gasteiger partial charge in [-0.05, 0) is 43.4 Å². The van der Waals surface area contributed by atoms with Gasteiger partial charge < -0.3 is 9.47 Å². The predicted molar refractivity (Wildman–Crippen MR) is 113 cm³/mol. The molecule has 0 aliphatic heterocycles. The molecule has 0 atom stereocenters. The number of aromatic nitrogens is 3. The highest BCUT2D eigenvalue weighted by Crippen LogP contribution is 2.36. The molecular formula is C19H19N5O2S2. The molecule has 4 rings (SSSR count). The lowest BCUT2D eigenvalue weighted by Crippen LogP contribution is -2.19. The Balaban J connectivity index is 1.87. The predicted octanol–water partition coefficient (Wildman–Crippen LogP) is 3.37. The van der Waals surface area contributed by atoms with Crippen LogP contribution in [0.4, 0.5) is 11.4 Å². The Kier molecular flexibility index (Phi) is 4.66. The Labute approximate surface area is 167 Å². The smallest absolute Gasteiger partial charge is 0.240 e. The van der Waals surface area contributed by atoms with Gasteiger partial charge in [0.1, 0.15) is 0 Å². The van der Waals surface area contributed by atoms with Crippen molar-refractivity contribution in [2.24, 2.45) is 7.05 Å². The summed E-state index contributed by atoms with van der Waals surface area (Å²) in [5.74, 6) is 0. The zero-order chi connectivity index (χ0) is 19.9. The highest BCUT2D eigenvalue weighted by atomic mass is 32.2. The van der Waals surface area contributed by atoms with E-state index in [0.29, 0.717) is 5.69 Å². The first-order chi connectivity index (χ1) is 13.4. The standard InChI is InChI=1S/C19H19N5O2S2/c1-20-28(25,26)14-5-7-18(15(9-14)17-10-23(2)11-21-17)24(3)13-4-6-16-19(8-13)27-12-22-16/h4-12,20H,1-3H3. The van der Waals surface area contributed by atoms with E-state index in [1.807, 2.05) is 53.5 Å². The maximum absolute atomic E-state index is 12.3. The Bertz CT molecular complexity index is 1260. The molecular weight excluding hydrogens is 394 g/mol. The molecule has 2 heterocycles. The van der Waals surface area contributed by atoms with Gasteiger partial charge in [0.2, 0.25) is 10.0 Å². The quantitative estimate of drug-likeness (QED) is 0.543. The van der Waals surface area contributed by atoms with Gasteiger partial charge in [-0.1, -0.05) is 0 Å². The Hall–Kier alpha value is -2.75. The highest BCUT2D eigenvalue weighted by molar-refractivity contribution is 7.89. The number of fused-ring (bicyclic) bond motifs is 1. The Morgan fingerprint density at radius 1 is 1.14 bits per heavy atom. The summed E-state index contributed by atoms with van der Waals surface area (Å²) in [4.78, 5) is 11.0. The van der Waals surface area contributed by atoms with Crippen LogP contribution >= 0.6 is 11.3 Å². The molecule has 0 saturated heterocycles. The van der Waals surface area contributed by atoms with E-state index < -0.39 is 10.0 Å². The zero-order valence-corrected chi connectivity index (χ0v) is 17.3. The molecule has 9 heteroatoms. The zero-order valence-electron chi connectivity index (χ0n) is 15.6. The molecule has 0 fully saturated rings. The van der Waals surface area contributed by atoms with Gasteiger partial charge in [0.05, 0.1) is 38.3 Å². The van der Waals surface area contributed by atoms with Crippen LogP contribution in [0.3, 0.4) is 0 Å². The molecule has 7 nitrogen and oxygen atoms in total. The molecule has 0 amide bonds. The second-order valence-corrected chi connectivity index (χ2v) is 9.15. The van der Waals surface area contributed by atoms with Gasteiger partial charge in [-0.25, -0.2) is 23.1 Å². The van der Waals surface area contributed by atoms with E-state index in [-0.39, 0.29) is 4.90 Å². The molecule has 2 aromatic heterocycles. The number of rotatable bonds is 5. The van der Waals surface area contributed by atoms with Crippen LogP contribution in [0.25, 0.3) is 21.5 Å². The van der Waals surface area contributed by atoms with Gasteiger partial charge in [0.15, 0.2) is 0 Å². The number of hydrogen-bond acceptors (Lipinski definition) is 6. The lowest BCUT2D eigenvalue weighted by Gasteiger charge is -2.23. The van der Waals surface area contributed by atoms with Crippen LogP contribution in [0.1, 0.15) is 0 Å². The summed E-state index contributed by atoms with van der Waals surface area (Å²) >= 11 is 1.59. The van der Waals surface area contributed by atoms with Crippen LogP contribution in [0.5, 0.6) is 0 Å². The van der Waals surface area contributed by atoms with E-state index in [2.05, 4.69) is 20.8 Å². The van der Waals surface area contributed by atoms with E-state index in [4.69, 9.17) is 0 Å². The summed E-state index contributed by atoms with van der Waals surface area (Å²) < 4.78 is 29.9. The van der Waals surface area contributed by atoms with Gasteiger partial charge in [0, 0.05) is 31.5 Å². The van der Waals surface area contributed by atoms with Crippen LogP contribution in [-0.4, -0.2) is 37.0 Å². The third-order valence-corrected chi connectivity index (χ3v) is 6.80. The minimum atomic E-state index is -3.56. The van der Waals surface area contributed by atoms with Crippen LogP contribution in [0.2, 0.25) is 0 Å². The van der Waals surface area contributed by atoms with Crippen molar-refractivity contribution in [3.63, 3.8) is 0 Å². The second kappa shape index (κ2) is 7.01. The molecule has 0 spiro atoms.